The molecule has 1 nitrogen and oxygen atoms in total. The van der Waals surface area contributed by atoms with Crippen molar-refractivity contribution in [2.24, 2.45) is 17.3 Å². The van der Waals surface area contributed by atoms with Crippen LogP contribution >= 0.6 is 0 Å². The second-order valence-electron chi connectivity index (χ2n) is 5.18. The summed E-state index contributed by atoms with van der Waals surface area (Å²) in [5.74, 6) is -1.95. The van der Waals surface area contributed by atoms with Gasteiger partial charge in [0.1, 0.15) is 0 Å². The summed E-state index contributed by atoms with van der Waals surface area (Å²) in [5, 5.41) is 2.88. The second-order valence-corrected chi connectivity index (χ2v) is 5.18. The Balaban J connectivity index is 2.88. The van der Waals surface area contributed by atoms with Gasteiger partial charge in [-0.15, -0.1) is 0 Å². The first-order valence-corrected chi connectivity index (χ1v) is 5.39. The third-order valence-electron chi connectivity index (χ3n) is 3.73. The lowest BCUT2D eigenvalue weighted by Gasteiger charge is -2.47. The van der Waals surface area contributed by atoms with Crippen LogP contribution in [0.2, 0.25) is 0 Å². The van der Waals surface area contributed by atoms with Crippen LogP contribution in [0.3, 0.4) is 0 Å². The molecule has 0 unspecified atom stereocenters. The molecule has 1 rings (SSSR count). The highest BCUT2D eigenvalue weighted by Crippen LogP contribution is 2.45. The minimum Gasteiger partial charge on any atom is -0.311 e. The van der Waals surface area contributed by atoms with Gasteiger partial charge in [-0.05, 0) is 17.3 Å². The topological polar surface area (TPSA) is 12.0 Å². The van der Waals surface area contributed by atoms with Crippen molar-refractivity contribution in [2.75, 3.05) is 13.1 Å². The van der Waals surface area contributed by atoms with Crippen molar-refractivity contribution in [3.05, 3.63) is 0 Å². The molecule has 1 fully saturated rings. The normalized spacial score (nSPS) is 25.7. The van der Waals surface area contributed by atoms with E-state index in [-0.39, 0.29) is 18.4 Å². The van der Waals surface area contributed by atoms with E-state index in [0.29, 0.717) is 11.8 Å². The number of piperidine rings is 1. The van der Waals surface area contributed by atoms with E-state index in [4.69, 9.17) is 0 Å². The molecule has 0 aliphatic carbocycles. The predicted molar refractivity (Wildman–Crippen MR) is 54.5 cm³/mol. The minimum atomic E-state index is -2.53. The molecular formula is C11H21F2N. The average Bonchev–Trinajstić information content (AvgIpc) is 2.01. The van der Waals surface area contributed by atoms with Crippen molar-refractivity contribution >= 4 is 0 Å². The molecule has 0 atom stereocenters. The Bertz CT molecular complexity index is 191. The van der Waals surface area contributed by atoms with Crippen molar-refractivity contribution in [1.82, 2.24) is 5.32 Å². The molecule has 0 radical (unpaired) electrons. The summed E-state index contributed by atoms with van der Waals surface area (Å²) in [6, 6.07) is 0. The standard InChI is InChI=1S/C11H21F2N/c1-8(2)10(9(3)4)5-11(12,13)7-14-6-10/h8-9,14H,5-7H2,1-4H3. The molecule has 1 aliphatic rings. The highest BCUT2D eigenvalue weighted by molar-refractivity contribution is 4.96. The third-order valence-corrected chi connectivity index (χ3v) is 3.73. The number of alkyl halides is 2. The highest BCUT2D eigenvalue weighted by atomic mass is 19.3. The molecule has 0 aromatic rings. The summed E-state index contributed by atoms with van der Waals surface area (Å²) in [4.78, 5) is 0. The Morgan fingerprint density at radius 2 is 1.50 bits per heavy atom. The fourth-order valence-electron chi connectivity index (χ4n) is 2.57. The van der Waals surface area contributed by atoms with E-state index in [2.05, 4.69) is 5.32 Å². The first-order chi connectivity index (χ1) is 6.30. The quantitative estimate of drug-likeness (QED) is 0.731. The molecule has 0 spiro atoms. The highest BCUT2D eigenvalue weighted by Gasteiger charge is 2.48. The van der Waals surface area contributed by atoms with Gasteiger partial charge in [0.15, 0.2) is 0 Å². The molecule has 0 bridgehead atoms. The zero-order valence-corrected chi connectivity index (χ0v) is 9.53. The van der Waals surface area contributed by atoms with Gasteiger partial charge in [0.2, 0.25) is 0 Å². The predicted octanol–water partition coefficient (Wildman–Crippen LogP) is 2.91. The van der Waals surface area contributed by atoms with E-state index in [1.54, 1.807) is 0 Å². The Kier molecular flexibility index (Phi) is 3.20. The molecule has 1 aliphatic heterocycles. The third kappa shape index (κ3) is 2.08. The molecular weight excluding hydrogens is 184 g/mol. The summed E-state index contributed by atoms with van der Waals surface area (Å²) in [5.41, 5.74) is -0.248. The fraction of sp³-hybridized carbons (Fsp3) is 1.00. The van der Waals surface area contributed by atoms with Crippen molar-refractivity contribution in [2.45, 2.75) is 40.0 Å². The lowest BCUT2D eigenvalue weighted by Crippen LogP contribution is -2.55. The number of halogens is 2. The number of hydrogen-bond donors (Lipinski definition) is 1. The van der Waals surface area contributed by atoms with Crippen LogP contribution in [0.15, 0.2) is 0 Å². The van der Waals surface area contributed by atoms with Crippen molar-refractivity contribution in [1.29, 1.82) is 0 Å². The molecule has 1 heterocycles. The van der Waals surface area contributed by atoms with Crippen molar-refractivity contribution in [3.8, 4) is 0 Å². The van der Waals surface area contributed by atoms with E-state index >= 15 is 0 Å². The number of hydrogen-bond acceptors (Lipinski definition) is 1. The van der Waals surface area contributed by atoms with Gasteiger partial charge < -0.3 is 5.32 Å². The molecule has 84 valence electrons. The van der Waals surface area contributed by atoms with Gasteiger partial charge in [-0.1, -0.05) is 27.7 Å². The van der Waals surface area contributed by atoms with E-state index in [1.807, 2.05) is 27.7 Å². The molecule has 0 saturated carbocycles. The molecule has 0 amide bonds. The summed E-state index contributed by atoms with van der Waals surface area (Å²) in [6.07, 6.45) is 0.0301. The summed E-state index contributed by atoms with van der Waals surface area (Å²) in [6.45, 7) is 8.74. The Morgan fingerprint density at radius 1 is 1.00 bits per heavy atom. The van der Waals surface area contributed by atoms with Gasteiger partial charge in [-0.3, -0.25) is 0 Å². The number of rotatable bonds is 2. The van der Waals surface area contributed by atoms with Gasteiger partial charge in [0, 0.05) is 13.0 Å². The Hall–Kier alpha value is -0.180. The average molecular weight is 205 g/mol. The van der Waals surface area contributed by atoms with Crippen LogP contribution < -0.4 is 5.32 Å². The molecule has 0 aromatic carbocycles. The van der Waals surface area contributed by atoms with Crippen LogP contribution in [0, 0.1) is 17.3 Å². The van der Waals surface area contributed by atoms with E-state index in [0.717, 1.165) is 6.54 Å². The molecule has 14 heavy (non-hydrogen) atoms. The maximum Gasteiger partial charge on any atom is 0.260 e. The van der Waals surface area contributed by atoms with E-state index in [1.165, 1.54) is 0 Å². The zero-order valence-electron chi connectivity index (χ0n) is 9.53. The monoisotopic (exact) mass is 205 g/mol. The van der Waals surface area contributed by atoms with Crippen LogP contribution in [-0.4, -0.2) is 19.0 Å². The minimum absolute atomic E-state index is 0.0301. The van der Waals surface area contributed by atoms with Gasteiger partial charge >= 0.3 is 0 Å². The van der Waals surface area contributed by atoms with Gasteiger partial charge in [0.25, 0.3) is 5.92 Å². The summed E-state index contributed by atoms with van der Waals surface area (Å²) >= 11 is 0. The Labute approximate surface area is 85.3 Å². The lowest BCUT2D eigenvalue weighted by atomic mass is 9.64. The van der Waals surface area contributed by atoms with Crippen LogP contribution in [0.1, 0.15) is 34.1 Å². The largest absolute Gasteiger partial charge is 0.311 e. The van der Waals surface area contributed by atoms with E-state index in [9.17, 15) is 8.78 Å². The van der Waals surface area contributed by atoms with Crippen LogP contribution in [0.4, 0.5) is 8.78 Å². The maximum atomic E-state index is 13.4. The smallest absolute Gasteiger partial charge is 0.260 e. The van der Waals surface area contributed by atoms with Crippen LogP contribution in [0.5, 0.6) is 0 Å². The molecule has 0 aromatic heterocycles. The molecule has 1 N–H and O–H groups in total. The van der Waals surface area contributed by atoms with Gasteiger partial charge in [-0.25, -0.2) is 8.78 Å². The van der Waals surface area contributed by atoms with Gasteiger partial charge in [-0.2, -0.15) is 0 Å². The zero-order chi connectivity index (χ0) is 11.0. The lowest BCUT2D eigenvalue weighted by molar-refractivity contribution is -0.0988. The van der Waals surface area contributed by atoms with Crippen molar-refractivity contribution < 1.29 is 8.78 Å². The second kappa shape index (κ2) is 3.76. The van der Waals surface area contributed by atoms with Crippen LogP contribution in [-0.2, 0) is 0 Å². The molecule has 1 saturated heterocycles. The first kappa shape index (κ1) is 11.9. The Morgan fingerprint density at radius 3 is 1.79 bits per heavy atom. The van der Waals surface area contributed by atoms with Crippen molar-refractivity contribution in [3.63, 3.8) is 0 Å². The van der Waals surface area contributed by atoms with Crippen LogP contribution in [0.25, 0.3) is 0 Å². The van der Waals surface area contributed by atoms with Gasteiger partial charge in [0.05, 0.1) is 6.54 Å². The maximum absolute atomic E-state index is 13.4. The summed E-state index contributed by atoms with van der Waals surface area (Å²) in [7, 11) is 0. The SMILES string of the molecule is CC(C)C1(C(C)C)CNCC(F)(F)C1. The fourth-order valence-corrected chi connectivity index (χ4v) is 2.57. The first-order valence-electron chi connectivity index (χ1n) is 5.39. The summed E-state index contributed by atoms with van der Waals surface area (Å²) < 4.78 is 26.7. The molecule has 3 heteroatoms. The van der Waals surface area contributed by atoms with E-state index < -0.39 is 5.92 Å². The number of nitrogens with one attached hydrogen (secondary N) is 1.